The first-order chi connectivity index (χ1) is 10.2. The van der Waals surface area contributed by atoms with Gasteiger partial charge < -0.3 is 10.5 Å². The van der Waals surface area contributed by atoms with Gasteiger partial charge in [0.15, 0.2) is 0 Å². The monoisotopic (exact) mass is 372 g/mol. The summed E-state index contributed by atoms with van der Waals surface area (Å²) in [5, 5.41) is 0.749. The molecule has 1 saturated carbocycles. The Kier molecular flexibility index (Phi) is 5.23. The number of halogens is 2. The highest BCUT2D eigenvalue weighted by Crippen LogP contribution is 2.36. The molecule has 0 bridgehead atoms. The van der Waals surface area contributed by atoms with Crippen molar-refractivity contribution in [2.24, 2.45) is 5.73 Å². The predicted molar refractivity (Wildman–Crippen MR) is 89.6 cm³/mol. The first-order valence-electron chi connectivity index (χ1n) is 7.73. The van der Waals surface area contributed by atoms with Crippen LogP contribution in [-0.2, 0) is 4.74 Å². The minimum absolute atomic E-state index is 0.228. The number of nitrogens with zero attached hydrogens (tertiary/aromatic N) is 1. The molecule has 2 N–H and O–H groups in total. The predicted octanol–water partition coefficient (Wildman–Crippen LogP) is 3.75. The van der Waals surface area contributed by atoms with Crippen LogP contribution in [0.15, 0.2) is 22.7 Å². The SMILES string of the molecule is NCC(c1ccc(Cl)cc1Br)N1CCOC2CCCCC21. The fourth-order valence-corrected chi connectivity index (χ4v) is 4.67. The molecule has 1 aromatic carbocycles. The fraction of sp³-hybridized carbons (Fsp3) is 0.625. The van der Waals surface area contributed by atoms with Gasteiger partial charge in [-0.15, -0.1) is 0 Å². The molecular weight excluding hydrogens is 352 g/mol. The Morgan fingerprint density at radius 3 is 2.95 bits per heavy atom. The number of ether oxygens (including phenoxy) is 1. The minimum Gasteiger partial charge on any atom is -0.375 e. The van der Waals surface area contributed by atoms with Crippen molar-refractivity contribution in [3.8, 4) is 0 Å². The second-order valence-electron chi connectivity index (χ2n) is 5.92. The molecule has 1 aromatic rings. The number of hydrogen-bond donors (Lipinski definition) is 1. The Bertz CT molecular complexity index is 497. The molecule has 0 aromatic heterocycles. The van der Waals surface area contributed by atoms with Gasteiger partial charge in [0.1, 0.15) is 0 Å². The average molecular weight is 374 g/mol. The quantitative estimate of drug-likeness (QED) is 0.877. The molecule has 3 nitrogen and oxygen atoms in total. The number of morpholine rings is 1. The lowest BCUT2D eigenvalue weighted by molar-refractivity contribution is -0.102. The van der Waals surface area contributed by atoms with Gasteiger partial charge in [0.2, 0.25) is 0 Å². The van der Waals surface area contributed by atoms with Gasteiger partial charge in [-0.2, -0.15) is 0 Å². The Morgan fingerprint density at radius 1 is 1.38 bits per heavy atom. The molecule has 1 saturated heterocycles. The number of hydrogen-bond acceptors (Lipinski definition) is 3. The zero-order valence-corrected chi connectivity index (χ0v) is 14.4. The Balaban J connectivity index is 1.87. The lowest BCUT2D eigenvalue weighted by atomic mass is 9.88. The van der Waals surface area contributed by atoms with Crippen molar-refractivity contribution in [1.29, 1.82) is 0 Å². The smallest absolute Gasteiger partial charge is 0.0731 e. The van der Waals surface area contributed by atoms with Gasteiger partial charge >= 0.3 is 0 Å². The van der Waals surface area contributed by atoms with Crippen LogP contribution in [0.3, 0.4) is 0 Å². The lowest BCUT2D eigenvalue weighted by Gasteiger charge is -2.47. The molecule has 3 atom stereocenters. The van der Waals surface area contributed by atoms with Crippen LogP contribution in [0.2, 0.25) is 5.02 Å². The molecular formula is C16H22BrClN2O. The fourth-order valence-electron chi connectivity index (χ4n) is 3.73. The maximum atomic E-state index is 6.13. The molecule has 0 spiro atoms. The summed E-state index contributed by atoms with van der Waals surface area (Å²) in [4.78, 5) is 2.56. The first kappa shape index (κ1) is 15.8. The van der Waals surface area contributed by atoms with Crippen LogP contribution < -0.4 is 5.73 Å². The van der Waals surface area contributed by atoms with E-state index in [-0.39, 0.29) is 6.04 Å². The molecule has 3 unspecified atom stereocenters. The van der Waals surface area contributed by atoms with Crippen LogP contribution in [-0.4, -0.2) is 36.7 Å². The maximum absolute atomic E-state index is 6.13. The highest BCUT2D eigenvalue weighted by atomic mass is 79.9. The molecule has 116 valence electrons. The van der Waals surface area contributed by atoms with E-state index in [1.54, 1.807) is 0 Å². The Morgan fingerprint density at radius 2 is 2.19 bits per heavy atom. The van der Waals surface area contributed by atoms with Crippen LogP contribution in [0.4, 0.5) is 0 Å². The van der Waals surface area contributed by atoms with Crippen molar-refractivity contribution in [3.63, 3.8) is 0 Å². The van der Waals surface area contributed by atoms with E-state index in [1.807, 2.05) is 12.1 Å². The summed E-state index contributed by atoms with van der Waals surface area (Å²) in [5.41, 5.74) is 7.36. The minimum atomic E-state index is 0.228. The van der Waals surface area contributed by atoms with Crippen molar-refractivity contribution in [3.05, 3.63) is 33.3 Å². The van der Waals surface area contributed by atoms with Gasteiger partial charge in [-0.3, -0.25) is 4.90 Å². The summed E-state index contributed by atoms with van der Waals surface area (Å²) in [6.07, 6.45) is 5.35. The third kappa shape index (κ3) is 3.30. The van der Waals surface area contributed by atoms with Crippen LogP contribution in [0.5, 0.6) is 0 Å². The highest BCUT2D eigenvalue weighted by molar-refractivity contribution is 9.10. The maximum Gasteiger partial charge on any atom is 0.0731 e. The van der Waals surface area contributed by atoms with E-state index in [9.17, 15) is 0 Å². The van der Waals surface area contributed by atoms with Gasteiger partial charge in [-0.05, 0) is 30.5 Å². The second-order valence-corrected chi connectivity index (χ2v) is 7.21. The van der Waals surface area contributed by atoms with E-state index in [0.29, 0.717) is 18.7 Å². The van der Waals surface area contributed by atoms with Gasteiger partial charge in [0, 0.05) is 34.7 Å². The molecule has 3 rings (SSSR count). The van der Waals surface area contributed by atoms with E-state index >= 15 is 0 Å². The van der Waals surface area contributed by atoms with Gasteiger partial charge in [-0.25, -0.2) is 0 Å². The van der Waals surface area contributed by atoms with Gasteiger partial charge in [0.25, 0.3) is 0 Å². The number of nitrogens with two attached hydrogens (primary N) is 1. The van der Waals surface area contributed by atoms with E-state index in [4.69, 9.17) is 22.1 Å². The Labute approximate surface area is 139 Å². The van der Waals surface area contributed by atoms with Crippen molar-refractivity contribution >= 4 is 27.5 Å². The highest BCUT2D eigenvalue weighted by Gasteiger charge is 2.38. The third-order valence-electron chi connectivity index (χ3n) is 4.72. The van der Waals surface area contributed by atoms with Gasteiger partial charge in [0.05, 0.1) is 12.7 Å². The Hall–Kier alpha value is -0.130. The molecule has 1 aliphatic heterocycles. The first-order valence-corrected chi connectivity index (χ1v) is 8.90. The molecule has 2 aliphatic rings. The van der Waals surface area contributed by atoms with E-state index in [0.717, 1.165) is 22.6 Å². The summed E-state index contributed by atoms with van der Waals surface area (Å²) >= 11 is 9.71. The topological polar surface area (TPSA) is 38.5 Å². The molecule has 0 radical (unpaired) electrons. The van der Waals surface area contributed by atoms with Crippen molar-refractivity contribution in [1.82, 2.24) is 4.90 Å². The van der Waals surface area contributed by atoms with Crippen LogP contribution in [0.25, 0.3) is 0 Å². The van der Waals surface area contributed by atoms with Crippen LogP contribution in [0, 0.1) is 0 Å². The number of rotatable bonds is 3. The summed E-state index contributed by atoms with van der Waals surface area (Å²) in [5.74, 6) is 0. The molecule has 0 amide bonds. The zero-order chi connectivity index (χ0) is 14.8. The third-order valence-corrected chi connectivity index (χ3v) is 5.64. The molecule has 1 aliphatic carbocycles. The summed E-state index contributed by atoms with van der Waals surface area (Å²) in [7, 11) is 0. The standard InChI is InChI=1S/C16H22BrClN2O/c17-13-9-11(18)5-6-12(13)15(10-19)20-7-8-21-16-4-2-1-3-14(16)20/h5-6,9,14-16H,1-4,7-8,10,19H2. The zero-order valence-electron chi connectivity index (χ0n) is 12.1. The van der Waals surface area contributed by atoms with E-state index in [1.165, 1.54) is 31.2 Å². The second kappa shape index (κ2) is 6.97. The van der Waals surface area contributed by atoms with Crippen molar-refractivity contribution in [2.45, 2.75) is 43.9 Å². The van der Waals surface area contributed by atoms with E-state index < -0.39 is 0 Å². The normalized spacial score (nSPS) is 28.1. The number of benzene rings is 1. The van der Waals surface area contributed by atoms with Gasteiger partial charge in [-0.1, -0.05) is 46.4 Å². The molecule has 1 heterocycles. The molecule has 21 heavy (non-hydrogen) atoms. The summed E-state index contributed by atoms with van der Waals surface area (Å²) in [6.45, 7) is 2.38. The van der Waals surface area contributed by atoms with Crippen LogP contribution >= 0.6 is 27.5 Å². The number of fused-ring (bicyclic) bond motifs is 1. The molecule has 2 fully saturated rings. The lowest BCUT2D eigenvalue weighted by Crippen LogP contribution is -2.54. The average Bonchev–Trinajstić information content (AvgIpc) is 2.50. The van der Waals surface area contributed by atoms with Crippen LogP contribution in [0.1, 0.15) is 37.3 Å². The molecule has 5 heteroatoms. The summed E-state index contributed by atoms with van der Waals surface area (Å²) in [6, 6.07) is 6.73. The van der Waals surface area contributed by atoms with E-state index in [2.05, 4.69) is 26.9 Å². The summed E-state index contributed by atoms with van der Waals surface area (Å²) < 4.78 is 7.02. The van der Waals surface area contributed by atoms with Crippen molar-refractivity contribution in [2.75, 3.05) is 19.7 Å². The largest absolute Gasteiger partial charge is 0.375 e. The van der Waals surface area contributed by atoms with Crippen molar-refractivity contribution < 1.29 is 4.74 Å².